The second kappa shape index (κ2) is 4.94. The lowest BCUT2D eigenvalue weighted by molar-refractivity contribution is 0.416. The zero-order chi connectivity index (χ0) is 17.3. The maximum Gasteiger partial charge on any atom is 0.0720 e. The Kier molecular flexibility index (Phi) is 2.99. The first-order valence-electron chi connectivity index (χ1n) is 9.55. The molecular formula is C22H27N3. The summed E-state index contributed by atoms with van der Waals surface area (Å²) >= 11 is 0. The number of rotatable bonds is 1. The van der Waals surface area contributed by atoms with E-state index in [1.54, 1.807) is 5.56 Å². The molecule has 2 aromatic heterocycles. The van der Waals surface area contributed by atoms with E-state index in [0.29, 0.717) is 6.04 Å². The molecule has 1 atom stereocenters. The molecule has 1 aliphatic heterocycles. The smallest absolute Gasteiger partial charge is 0.0720 e. The van der Waals surface area contributed by atoms with Crippen molar-refractivity contribution in [3.63, 3.8) is 0 Å². The monoisotopic (exact) mass is 333 g/mol. The molecule has 1 aliphatic carbocycles. The fourth-order valence-electron chi connectivity index (χ4n) is 5.80. The van der Waals surface area contributed by atoms with Gasteiger partial charge in [-0.2, -0.15) is 0 Å². The van der Waals surface area contributed by atoms with Crippen molar-refractivity contribution < 1.29 is 0 Å². The van der Waals surface area contributed by atoms with Crippen LogP contribution in [-0.4, -0.2) is 9.13 Å². The van der Waals surface area contributed by atoms with Gasteiger partial charge in [0.25, 0.3) is 0 Å². The summed E-state index contributed by atoms with van der Waals surface area (Å²) < 4.78 is 4.79. The fraction of sp³-hybridized carbons (Fsp3) is 0.455. The molecule has 0 radical (unpaired) electrons. The molecule has 0 N–H and O–H groups in total. The number of nitrogens with zero attached hydrogens (tertiary/aromatic N) is 3. The number of aromatic nitrogens is 2. The molecule has 1 fully saturated rings. The molecule has 25 heavy (non-hydrogen) atoms. The Bertz CT molecular complexity index is 969. The first-order chi connectivity index (χ1) is 12.1. The van der Waals surface area contributed by atoms with Gasteiger partial charge in [0.2, 0.25) is 0 Å². The first kappa shape index (κ1) is 15.1. The van der Waals surface area contributed by atoms with Crippen LogP contribution < -0.4 is 4.90 Å². The maximum absolute atomic E-state index is 2.76. The van der Waals surface area contributed by atoms with Gasteiger partial charge in [0.15, 0.2) is 0 Å². The third-order valence-electron chi connectivity index (χ3n) is 6.78. The van der Waals surface area contributed by atoms with Crippen LogP contribution in [0.1, 0.15) is 55.5 Å². The largest absolute Gasteiger partial charge is 0.353 e. The second-order valence-electron chi connectivity index (χ2n) is 8.05. The van der Waals surface area contributed by atoms with Crippen LogP contribution in [0.25, 0.3) is 11.0 Å². The minimum absolute atomic E-state index is 0.159. The van der Waals surface area contributed by atoms with Crippen molar-refractivity contribution in [2.24, 2.45) is 14.1 Å². The molecule has 5 rings (SSSR count). The van der Waals surface area contributed by atoms with Crippen molar-refractivity contribution >= 4 is 16.7 Å². The van der Waals surface area contributed by atoms with E-state index in [-0.39, 0.29) is 5.54 Å². The molecule has 3 nitrogen and oxygen atoms in total. The van der Waals surface area contributed by atoms with E-state index in [4.69, 9.17) is 0 Å². The van der Waals surface area contributed by atoms with Gasteiger partial charge in [-0.25, -0.2) is 0 Å². The van der Waals surface area contributed by atoms with Crippen molar-refractivity contribution in [2.75, 3.05) is 4.90 Å². The summed E-state index contributed by atoms with van der Waals surface area (Å²) in [5.41, 5.74) is 8.91. The topological polar surface area (TPSA) is 13.1 Å². The Balaban J connectivity index is 1.84. The fourth-order valence-corrected chi connectivity index (χ4v) is 5.80. The highest BCUT2D eigenvalue weighted by Gasteiger charge is 2.53. The van der Waals surface area contributed by atoms with Gasteiger partial charge >= 0.3 is 0 Å². The first-order valence-corrected chi connectivity index (χ1v) is 9.55. The molecule has 0 saturated heterocycles. The Labute approximate surface area is 149 Å². The molecule has 1 aromatic carbocycles. The van der Waals surface area contributed by atoms with Crippen LogP contribution in [-0.2, 0) is 19.6 Å². The minimum Gasteiger partial charge on any atom is -0.353 e. The van der Waals surface area contributed by atoms with Crippen LogP contribution in [0, 0.1) is 6.92 Å². The van der Waals surface area contributed by atoms with Crippen LogP contribution in [0.3, 0.4) is 0 Å². The van der Waals surface area contributed by atoms with E-state index in [9.17, 15) is 0 Å². The number of para-hydroxylation sites is 1. The van der Waals surface area contributed by atoms with Crippen molar-refractivity contribution in [1.82, 2.24) is 9.13 Å². The van der Waals surface area contributed by atoms with Crippen molar-refractivity contribution in [2.45, 2.75) is 51.1 Å². The lowest BCUT2D eigenvalue weighted by Crippen LogP contribution is -2.41. The number of hydrogen-bond acceptors (Lipinski definition) is 1. The molecule has 130 valence electrons. The summed E-state index contributed by atoms with van der Waals surface area (Å²) in [6.45, 7) is 4.66. The molecule has 3 heteroatoms. The molecule has 3 heterocycles. The van der Waals surface area contributed by atoms with Gasteiger partial charge in [-0.05, 0) is 44.4 Å². The molecule has 1 saturated carbocycles. The lowest BCUT2D eigenvalue weighted by atomic mass is 9.88. The summed E-state index contributed by atoms with van der Waals surface area (Å²) in [6.07, 6.45) is 7.41. The predicted octanol–water partition coefficient (Wildman–Crippen LogP) is 5.18. The zero-order valence-corrected chi connectivity index (χ0v) is 15.7. The normalized spacial score (nSPS) is 21.6. The number of benzene rings is 1. The summed E-state index contributed by atoms with van der Waals surface area (Å²) in [5, 5.41) is 0. The Morgan fingerprint density at radius 2 is 1.76 bits per heavy atom. The minimum atomic E-state index is 0.159. The van der Waals surface area contributed by atoms with Crippen molar-refractivity contribution in [3.8, 4) is 0 Å². The molecule has 3 aromatic rings. The Morgan fingerprint density at radius 1 is 1.04 bits per heavy atom. The third-order valence-corrected chi connectivity index (χ3v) is 6.78. The van der Waals surface area contributed by atoms with Crippen LogP contribution in [0.2, 0.25) is 0 Å². The SMILES string of the molecule is Cc1ccccc1N1[C@@H](C)c2c(c3c(ccn3C)n2C)C12CCCC2. The second-order valence-corrected chi connectivity index (χ2v) is 8.05. The Hall–Kier alpha value is -2.16. The number of anilines is 1. The number of aryl methyl sites for hydroxylation is 3. The lowest BCUT2D eigenvalue weighted by Gasteiger charge is -2.41. The van der Waals surface area contributed by atoms with E-state index < -0.39 is 0 Å². The highest BCUT2D eigenvalue weighted by Crippen LogP contribution is 2.59. The van der Waals surface area contributed by atoms with E-state index in [1.165, 1.54) is 53.7 Å². The van der Waals surface area contributed by atoms with Crippen LogP contribution in [0.5, 0.6) is 0 Å². The molecule has 1 spiro atoms. The third kappa shape index (κ3) is 1.71. The van der Waals surface area contributed by atoms with E-state index in [2.05, 4.69) is 78.5 Å². The van der Waals surface area contributed by atoms with Gasteiger partial charge in [-0.3, -0.25) is 0 Å². The average Bonchev–Trinajstić information content (AvgIpc) is 3.31. The van der Waals surface area contributed by atoms with E-state index in [1.807, 2.05) is 0 Å². The van der Waals surface area contributed by atoms with E-state index in [0.717, 1.165) is 0 Å². The molecule has 0 bridgehead atoms. The summed E-state index contributed by atoms with van der Waals surface area (Å²) in [4.78, 5) is 2.76. The summed E-state index contributed by atoms with van der Waals surface area (Å²) in [6, 6.07) is 11.6. The highest BCUT2D eigenvalue weighted by atomic mass is 15.3. The van der Waals surface area contributed by atoms with Gasteiger partial charge in [-0.1, -0.05) is 31.0 Å². The quantitative estimate of drug-likeness (QED) is 0.598. The molecule has 0 amide bonds. The van der Waals surface area contributed by atoms with Crippen LogP contribution >= 0.6 is 0 Å². The standard InChI is InChI=1S/C22H27N3/c1-15-9-5-6-10-17(15)25-16(2)20-19(22(25)12-7-8-13-22)21-18(24(20)4)11-14-23(21)3/h5-6,9-11,14,16H,7-8,12-13H2,1-4H3/t16-/m0/s1. The number of hydrogen-bond donors (Lipinski definition) is 0. The average molecular weight is 333 g/mol. The van der Waals surface area contributed by atoms with Crippen LogP contribution in [0.15, 0.2) is 36.5 Å². The predicted molar refractivity (Wildman–Crippen MR) is 104 cm³/mol. The summed E-state index contributed by atoms with van der Waals surface area (Å²) in [7, 11) is 4.45. The van der Waals surface area contributed by atoms with Gasteiger partial charge in [0, 0.05) is 37.2 Å². The molecule has 0 unspecified atom stereocenters. The van der Waals surface area contributed by atoms with Crippen molar-refractivity contribution in [1.29, 1.82) is 0 Å². The van der Waals surface area contributed by atoms with Gasteiger partial charge < -0.3 is 14.0 Å². The van der Waals surface area contributed by atoms with Gasteiger partial charge in [-0.15, -0.1) is 0 Å². The number of fused-ring (bicyclic) bond motifs is 4. The van der Waals surface area contributed by atoms with Crippen molar-refractivity contribution in [3.05, 3.63) is 53.3 Å². The Morgan fingerprint density at radius 3 is 2.48 bits per heavy atom. The summed E-state index contributed by atoms with van der Waals surface area (Å²) in [5.74, 6) is 0. The zero-order valence-electron chi connectivity index (χ0n) is 15.7. The van der Waals surface area contributed by atoms with E-state index >= 15 is 0 Å². The van der Waals surface area contributed by atoms with Crippen LogP contribution in [0.4, 0.5) is 5.69 Å². The highest BCUT2D eigenvalue weighted by molar-refractivity contribution is 5.87. The molecular weight excluding hydrogens is 306 g/mol. The molecule has 2 aliphatic rings. The maximum atomic E-state index is 2.76. The van der Waals surface area contributed by atoms with Gasteiger partial charge in [0.1, 0.15) is 0 Å². The van der Waals surface area contributed by atoms with Gasteiger partial charge in [0.05, 0.1) is 22.6 Å².